The van der Waals surface area contributed by atoms with Gasteiger partial charge in [0.05, 0.1) is 11.6 Å². The normalized spacial score (nSPS) is 17.3. The van der Waals surface area contributed by atoms with Gasteiger partial charge in [0.1, 0.15) is 0 Å². The largest absolute Gasteiger partial charge is 0.395 e. The van der Waals surface area contributed by atoms with Crippen molar-refractivity contribution in [2.45, 2.75) is 6.42 Å². The van der Waals surface area contributed by atoms with Gasteiger partial charge in [0.25, 0.3) is 0 Å². The number of Topliss-reactive ketones (excluding diaryl/α,β-unsaturated/α-hetero) is 1. The van der Waals surface area contributed by atoms with E-state index in [1.54, 1.807) is 12.1 Å². The Morgan fingerprint density at radius 3 is 2.30 bits per heavy atom. The molecule has 2 rings (SSSR count). The summed E-state index contributed by atoms with van der Waals surface area (Å²) in [5.41, 5.74) is 0.619. The molecule has 0 saturated carbocycles. The number of rotatable bonds is 6. The second-order valence-corrected chi connectivity index (χ2v) is 5.47. The number of β-amino-alcohol motifs (C(OH)–C–C–N with tert-alkyl or cyclic N) is 1. The van der Waals surface area contributed by atoms with E-state index in [9.17, 15) is 4.79 Å². The van der Waals surface area contributed by atoms with Crippen LogP contribution in [0.2, 0.25) is 5.02 Å². The molecule has 5 heteroatoms. The van der Waals surface area contributed by atoms with Crippen LogP contribution in [0.15, 0.2) is 24.3 Å². The standard InChI is InChI=1S/C15H21ClN2O2/c16-14-4-2-1-3-13(14)15(20)5-6-17-7-9-18(10-8-17)11-12-19/h1-4,19H,5-12H2. The van der Waals surface area contributed by atoms with Crippen molar-refractivity contribution >= 4 is 17.4 Å². The summed E-state index contributed by atoms with van der Waals surface area (Å²) in [6.07, 6.45) is 0.504. The van der Waals surface area contributed by atoms with Crippen LogP contribution in [0.4, 0.5) is 0 Å². The van der Waals surface area contributed by atoms with Crippen molar-refractivity contribution in [1.82, 2.24) is 9.80 Å². The van der Waals surface area contributed by atoms with Crippen LogP contribution < -0.4 is 0 Å². The third-order valence-electron chi connectivity index (χ3n) is 3.71. The first kappa shape index (κ1) is 15.4. The highest BCUT2D eigenvalue weighted by atomic mass is 35.5. The summed E-state index contributed by atoms with van der Waals surface area (Å²) in [4.78, 5) is 16.7. The molecule has 1 saturated heterocycles. The number of benzene rings is 1. The molecule has 1 fully saturated rings. The molecule has 0 aromatic heterocycles. The Balaban J connectivity index is 1.76. The molecular formula is C15H21ClN2O2. The van der Waals surface area contributed by atoms with E-state index in [1.807, 2.05) is 12.1 Å². The van der Waals surface area contributed by atoms with E-state index in [0.717, 1.165) is 39.3 Å². The highest BCUT2D eigenvalue weighted by Crippen LogP contribution is 2.17. The van der Waals surface area contributed by atoms with E-state index in [2.05, 4.69) is 9.80 Å². The molecule has 1 aromatic carbocycles. The Labute approximate surface area is 124 Å². The van der Waals surface area contributed by atoms with Crippen molar-refractivity contribution < 1.29 is 9.90 Å². The van der Waals surface area contributed by atoms with Gasteiger partial charge in [0, 0.05) is 51.3 Å². The molecule has 1 N–H and O–H groups in total. The van der Waals surface area contributed by atoms with E-state index >= 15 is 0 Å². The van der Waals surface area contributed by atoms with Crippen LogP contribution in [0.5, 0.6) is 0 Å². The summed E-state index contributed by atoms with van der Waals surface area (Å²) >= 11 is 6.03. The fraction of sp³-hybridized carbons (Fsp3) is 0.533. The van der Waals surface area contributed by atoms with Gasteiger partial charge in [-0.25, -0.2) is 0 Å². The quantitative estimate of drug-likeness (QED) is 0.809. The van der Waals surface area contributed by atoms with Crippen LogP contribution in [-0.4, -0.2) is 66.6 Å². The number of carbonyl (C=O) groups is 1. The molecule has 0 radical (unpaired) electrons. The Bertz CT molecular complexity index is 445. The van der Waals surface area contributed by atoms with Gasteiger partial charge in [0.15, 0.2) is 5.78 Å². The maximum atomic E-state index is 12.1. The third-order valence-corrected chi connectivity index (χ3v) is 4.04. The lowest BCUT2D eigenvalue weighted by Gasteiger charge is -2.34. The summed E-state index contributed by atoms with van der Waals surface area (Å²) in [6, 6.07) is 7.21. The minimum Gasteiger partial charge on any atom is -0.395 e. The van der Waals surface area contributed by atoms with Gasteiger partial charge in [-0.05, 0) is 12.1 Å². The van der Waals surface area contributed by atoms with E-state index < -0.39 is 0 Å². The summed E-state index contributed by atoms with van der Waals surface area (Å²) in [6.45, 7) is 5.56. The first-order valence-corrected chi connectivity index (χ1v) is 7.42. The number of aliphatic hydroxyl groups is 1. The summed E-state index contributed by atoms with van der Waals surface area (Å²) in [5, 5.41) is 9.43. The molecule has 0 amide bonds. The Kier molecular flexibility index (Phi) is 5.98. The molecule has 20 heavy (non-hydrogen) atoms. The second-order valence-electron chi connectivity index (χ2n) is 5.06. The Morgan fingerprint density at radius 2 is 1.70 bits per heavy atom. The Morgan fingerprint density at radius 1 is 1.10 bits per heavy atom. The molecule has 0 spiro atoms. The predicted octanol–water partition coefficient (Wildman–Crippen LogP) is 1.52. The number of piperazine rings is 1. The van der Waals surface area contributed by atoms with E-state index in [0.29, 0.717) is 17.0 Å². The lowest BCUT2D eigenvalue weighted by molar-refractivity contribution is 0.0907. The minimum absolute atomic E-state index is 0.105. The fourth-order valence-corrected chi connectivity index (χ4v) is 2.70. The van der Waals surface area contributed by atoms with Crippen molar-refractivity contribution in [3.63, 3.8) is 0 Å². The number of hydrogen-bond donors (Lipinski definition) is 1. The van der Waals surface area contributed by atoms with Crippen LogP contribution in [-0.2, 0) is 0 Å². The molecular weight excluding hydrogens is 276 g/mol. The maximum Gasteiger partial charge on any atom is 0.165 e. The van der Waals surface area contributed by atoms with Gasteiger partial charge < -0.3 is 10.0 Å². The smallest absolute Gasteiger partial charge is 0.165 e. The number of aliphatic hydroxyl groups excluding tert-OH is 1. The number of nitrogens with zero attached hydrogens (tertiary/aromatic N) is 2. The molecule has 0 bridgehead atoms. The topological polar surface area (TPSA) is 43.8 Å². The zero-order valence-corrected chi connectivity index (χ0v) is 12.4. The molecule has 1 aliphatic rings. The number of hydrogen-bond acceptors (Lipinski definition) is 4. The van der Waals surface area contributed by atoms with E-state index in [4.69, 9.17) is 16.7 Å². The van der Waals surface area contributed by atoms with Gasteiger partial charge in [-0.1, -0.05) is 23.7 Å². The summed E-state index contributed by atoms with van der Waals surface area (Å²) in [5.74, 6) is 0.105. The van der Waals surface area contributed by atoms with Crippen LogP contribution in [0.3, 0.4) is 0 Å². The van der Waals surface area contributed by atoms with E-state index in [1.165, 1.54) is 0 Å². The molecule has 110 valence electrons. The summed E-state index contributed by atoms with van der Waals surface area (Å²) < 4.78 is 0. The van der Waals surface area contributed by atoms with Gasteiger partial charge in [-0.2, -0.15) is 0 Å². The molecule has 0 aliphatic carbocycles. The van der Waals surface area contributed by atoms with Crippen molar-refractivity contribution in [2.24, 2.45) is 0 Å². The molecule has 1 heterocycles. The molecule has 4 nitrogen and oxygen atoms in total. The average molecular weight is 297 g/mol. The van der Waals surface area contributed by atoms with Gasteiger partial charge in [-0.15, -0.1) is 0 Å². The molecule has 1 aliphatic heterocycles. The van der Waals surface area contributed by atoms with Crippen LogP contribution in [0.1, 0.15) is 16.8 Å². The SMILES string of the molecule is O=C(CCN1CCN(CCO)CC1)c1ccccc1Cl. The molecule has 1 aromatic rings. The van der Waals surface area contributed by atoms with Gasteiger partial charge in [0.2, 0.25) is 0 Å². The highest BCUT2D eigenvalue weighted by Gasteiger charge is 2.17. The highest BCUT2D eigenvalue weighted by molar-refractivity contribution is 6.33. The van der Waals surface area contributed by atoms with Gasteiger partial charge in [-0.3, -0.25) is 9.69 Å². The number of halogens is 1. The van der Waals surface area contributed by atoms with Crippen molar-refractivity contribution in [2.75, 3.05) is 45.9 Å². The van der Waals surface area contributed by atoms with Crippen LogP contribution >= 0.6 is 11.6 Å². The lowest BCUT2D eigenvalue weighted by Crippen LogP contribution is -2.47. The first-order chi connectivity index (χ1) is 9.70. The number of ketones is 1. The Hall–Kier alpha value is -0.940. The predicted molar refractivity (Wildman–Crippen MR) is 80.4 cm³/mol. The van der Waals surface area contributed by atoms with Crippen molar-refractivity contribution in [1.29, 1.82) is 0 Å². The van der Waals surface area contributed by atoms with Crippen LogP contribution in [0.25, 0.3) is 0 Å². The van der Waals surface area contributed by atoms with Crippen LogP contribution in [0, 0.1) is 0 Å². The summed E-state index contributed by atoms with van der Waals surface area (Å²) in [7, 11) is 0. The zero-order valence-electron chi connectivity index (χ0n) is 11.6. The molecule has 0 atom stereocenters. The average Bonchev–Trinajstić information content (AvgIpc) is 2.47. The lowest BCUT2D eigenvalue weighted by atomic mass is 10.1. The van der Waals surface area contributed by atoms with Crippen molar-refractivity contribution in [3.05, 3.63) is 34.9 Å². The van der Waals surface area contributed by atoms with Gasteiger partial charge >= 0.3 is 0 Å². The molecule has 0 unspecified atom stereocenters. The first-order valence-electron chi connectivity index (χ1n) is 7.04. The third kappa shape index (κ3) is 4.28. The maximum absolute atomic E-state index is 12.1. The zero-order chi connectivity index (χ0) is 14.4. The monoisotopic (exact) mass is 296 g/mol. The second kappa shape index (κ2) is 7.74. The number of carbonyl (C=O) groups excluding carboxylic acids is 1. The van der Waals surface area contributed by atoms with E-state index in [-0.39, 0.29) is 12.4 Å². The fourth-order valence-electron chi connectivity index (χ4n) is 2.46. The van der Waals surface area contributed by atoms with Crippen molar-refractivity contribution in [3.8, 4) is 0 Å². The minimum atomic E-state index is 0.105.